The fourth-order valence-electron chi connectivity index (χ4n) is 1.72. The standard InChI is InChI=1S/C14H21BrN2O/c1-10-5-6-11(12(15)7-10)8-17-9-14(2,3)13(18)16-4/h5-7,17H,8-9H2,1-4H3,(H,16,18). The van der Waals surface area contributed by atoms with Gasteiger partial charge in [-0.05, 0) is 38.0 Å². The molecule has 0 saturated carbocycles. The van der Waals surface area contributed by atoms with E-state index >= 15 is 0 Å². The van der Waals surface area contributed by atoms with E-state index in [-0.39, 0.29) is 5.91 Å². The van der Waals surface area contributed by atoms with Gasteiger partial charge in [0, 0.05) is 24.6 Å². The Hall–Kier alpha value is -0.870. The fourth-order valence-corrected chi connectivity index (χ4v) is 2.36. The molecule has 0 aliphatic carbocycles. The van der Waals surface area contributed by atoms with Crippen LogP contribution in [0, 0.1) is 12.3 Å². The molecule has 100 valence electrons. The number of carbonyl (C=O) groups is 1. The molecule has 18 heavy (non-hydrogen) atoms. The van der Waals surface area contributed by atoms with E-state index in [1.54, 1.807) is 7.05 Å². The number of nitrogens with one attached hydrogen (secondary N) is 2. The quantitative estimate of drug-likeness (QED) is 0.877. The lowest BCUT2D eigenvalue weighted by Crippen LogP contribution is -2.41. The van der Waals surface area contributed by atoms with Gasteiger partial charge in [0.25, 0.3) is 0 Å². The van der Waals surface area contributed by atoms with Crippen molar-refractivity contribution >= 4 is 21.8 Å². The van der Waals surface area contributed by atoms with Crippen molar-refractivity contribution in [3.63, 3.8) is 0 Å². The summed E-state index contributed by atoms with van der Waals surface area (Å²) >= 11 is 3.55. The summed E-state index contributed by atoms with van der Waals surface area (Å²) < 4.78 is 1.10. The smallest absolute Gasteiger partial charge is 0.226 e. The number of rotatable bonds is 5. The number of hydrogen-bond acceptors (Lipinski definition) is 2. The maximum absolute atomic E-state index is 11.6. The average molecular weight is 313 g/mol. The van der Waals surface area contributed by atoms with Crippen molar-refractivity contribution in [2.75, 3.05) is 13.6 Å². The Morgan fingerprint density at radius 1 is 1.39 bits per heavy atom. The van der Waals surface area contributed by atoms with Crippen LogP contribution in [0.2, 0.25) is 0 Å². The van der Waals surface area contributed by atoms with Gasteiger partial charge in [-0.2, -0.15) is 0 Å². The third-order valence-corrected chi connectivity index (χ3v) is 3.67. The third kappa shape index (κ3) is 4.10. The van der Waals surface area contributed by atoms with Crippen LogP contribution in [0.25, 0.3) is 0 Å². The Kier molecular flexibility index (Phi) is 5.35. The Labute approximate surface area is 117 Å². The first-order valence-electron chi connectivity index (χ1n) is 6.05. The van der Waals surface area contributed by atoms with Crippen LogP contribution in [0.3, 0.4) is 0 Å². The van der Waals surface area contributed by atoms with Gasteiger partial charge in [-0.1, -0.05) is 28.1 Å². The first-order chi connectivity index (χ1) is 8.36. The summed E-state index contributed by atoms with van der Waals surface area (Å²) in [6.45, 7) is 7.33. The van der Waals surface area contributed by atoms with Gasteiger partial charge in [-0.15, -0.1) is 0 Å². The Morgan fingerprint density at radius 2 is 2.06 bits per heavy atom. The average Bonchev–Trinajstić information content (AvgIpc) is 2.30. The van der Waals surface area contributed by atoms with Crippen LogP contribution >= 0.6 is 15.9 Å². The number of benzene rings is 1. The highest BCUT2D eigenvalue weighted by Crippen LogP contribution is 2.19. The molecule has 1 aromatic carbocycles. The zero-order chi connectivity index (χ0) is 13.8. The normalized spacial score (nSPS) is 11.4. The first kappa shape index (κ1) is 15.2. The number of amides is 1. The second kappa shape index (κ2) is 6.34. The van der Waals surface area contributed by atoms with E-state index in [9.17, 15) is 4.79 Å². The Bertz CT molecular complexity index is 430. The van der Waals surface area contributed by atoms with Crippen LogP contribution in [-0.2, 0) is 11.3 Å². The van der Waals surface area contributed by atoms with Crippen LogP contribution in [0.15, 0.2) is 22.7 Å². The molecule has 0 radical (unpaired) electrons. The van der Waals surface area contributed by atoms with Crippen molar-refractivity contribution < 1.29 is 4.79 Å². The lowest BCUT2D eigenvalue weighted by Gasteiger charge is -2.23. The van der Waals surface area contributed by atoms with Gasteiger partial charge in [-0.3, -0.25) is 4.79 Å². The van der Waals surface area contributed by atoms with Crippen LogP contribution in [0.1, 0.15) is 25.0 Å². The molecule has 0 unspecified atom stereocenters. The second-order valence-corrected chi connectivity index (χ2v) is 6.02. The molecular formula is C14H21BrN2O. The number of aryl methyl sites for hydroxylation is 1. The van der Waals surface area contributed by atoms with Gasteiger partial charge in [0.1, 0.15) is 0 Å². The molecular weight excluding hydrogens is 292 g/mol. The second-order valence-electron chi connectivity index (χ2n) is 5.16. The van der Waals surface area contributed by atoms with Gasteiger partial charge < -0.3 is 10.6 Å². The summed E-state index contributed by atoms with van der Waals surface area (Å²) in [5, 5.41) is 6.01. The molecule has 4 heteroatoms. The third-order valence-electron chi connectivity index (χ3n) is 2.93. The number of hydrogen-bond donors (Lipinski definition) is 2. The van der Waals surface area contributed by atoms with E-state index < -0.39 is 5.41 Å². The molecule has 3 nitrogen and oxygen atoms in total. The summed E-state index contributed by atoms with van der Waals surface area (Å²) in [4.78, 5) is 11.6. The van der Waals surface area contributed by atoms with Crippen LogP contribution in [0.5, 0.6) is 0 Å². The van der Waals surface area contributed by atoms with E-state index in [1.807, 2.05) is 13.8 Å². The van der Waals surface area contributed by atoms with Gasteiger partial charge in [0.05, 0.1) is 5.41 Å². The lowest BCUT2D eigenvalue weighted by atomic mass is 9.92. The van der Waals surface area contributed by atoms with Crippen LogP contribution < -0.4 is 10.6 Å². The largest absolute Gasteiger partial charge is 0.359 e. The van der Waals surface area contributed by atoms with E-state index in [1.165, 1.54) is 11.1 Å². The topological polar surface area (TPSA) is 41.1 Å². The van der Waals surface area contributed by atoms with Crippen molar-refractivity contribution in [3.8, 4) is 0 Å². The monoisotopic (exact) mass is 312 g/mol. The molecule has 0 bridgehead atoms. The van der Waals surface area contributed by atoms with E-state index in [4.69, 9.17) is 0 Å². The summed E-state index contributed by atoms with van der Waals surface area (Å²) in [6, 6.07) is 6.28. The fraction of sp³-hybridized carbons (Fsp3) is 0.500. The number of halogens is 1. The summed E-state index contributed by atoms with van der Waals surface area (Å²) in [6.07, 6.45) is 0. The SMILES string of the molecule is CNC(=O)C(C)(C)CNCc1ccc(C)cc1Br. The van der Waals surface area contributed by atoms with E-state index in [0.717, 1.165) is 11.0 Å². The molecule has 1 aromatic rings. The summed E-state index contributed by atoms with van der Waals surface area (Å²) in [5.41, 5.74) is 2.04. The Balaban J connectivity index is 2.54. The molecule has 0 aromatic heterocycles. The van der Waals surface area contributed by atoms with Gasteiger partial charge in [0.15, 0.2) is 0 Å². The molecule has 0 saturated heterocycles. The minimum absolute atomic E-state index is 0.0537. The highest BCUT2D eigenvalue weighted by molar-refractivity contribution is 9.10. The summed E-state index contributed by atoms with van der Waals surface area (Å²) in [7, 11) is 1.67. The molecule has 2 N–H and O–H groups in total. The highest BCUT2D eigenvalue weighted by Gasteiger charge is 2.25. The van der Waals surface area contributed by atoms with Crippen molar-refractivity contribution in [2.24, 2.45) is 5.41 Å². The van der Waals surface area contributed by atoms with Crippen molar-refractivity contribution in [3.05, 3.63) is 33.8 Å². The number of carbonyl (C=O) groups excluding carboxylic acids is 1. The molecule has 0 fully saturated rings. The van der Waals surface area contributed by atoms with Gasteiger partial charge in [-0.25, -0.2) is 0 Å². The molecule has 0 spiro atoms. The molecule has 1 rings (SSSR count). The molecule has 0 atom stereocenters. The van der Waals surface area contributed by atoms with Crippen LogP contribution in [0.4, 0.5) is 0 Å². The minimum Gasteiger partial charge on any atom is -0.359 e. The lowest BCUT2D eigenvalue weighted by molar-refractivity contribution is -0.128. The maximum atomic E-state index is 11.6. The molecule has 0 aliphatic rings. The summed E-state index contributed by atoms with van der Waals surface area (Å²) in [5.74, 6) is 0.0537. The first-order valence-corrected chi connectivity index (χ1v) is 6.84. The molecule has 1 amide bonds. The van der Waals surface area contributed by atoms with E-state index in [0.29, 0.717) is 6.54 Å². The predicted molar refractivity (Wildman–Crippen MR) is 78.4 cm³/mol. The highest BCUT2D eigenvalue weighted by atomic mass is 79.9. The van der Waals surface area contributed by atoms with Gasteiger partial charge in [0.2, 0.25) is 5.91 Å². The Morgan fingerprint density at radius 3 is 2.61 bits per heavy atom. The van der Waals surface area contributed by atoms with Crippen LogP contribution in [-0.4, -0.2) is 19.5 Å². The predicted octanol–water partition coefficient (Wildman–Crippen LogP) is 2.62. The van der Waals surface area contributed by atoms with Crippen molar-refractivity contribution in [2.45, 2.75) is 27.3 Å². The van der Waals surface area contributed by atoms with Crippen molar-refractivity contribution in [1.82, 2.24) is 10.6 Å². The zero-order valence-electron chi connectivity index (χ0n) is 11.4. The van der Waals surface area contributed by atoms with Crippen molar-refractivity contribution in [1.29, 1.82) is 0 Å². The zero-order valence-corrected chi connectivity index (χ0v) is 13.0. The molecule has 0 aliphatic heterocycles. The molecule has 0 heterocycles. The van der Waals surface area contributed by atoms with Gasteiger partial charge >= 0.3 is 0 Å². The minimum atomic E-state index is -0.397. The maximum Gasteiger partial charge on any atom is 0.226 e. The van der Waals surface area contributed by atoms with E-state index in [2.05, 4.69) is 51.7 Å².